The van der Waals surface area contributed by atoms with Crippen LogP contribution in [0.3, 0.4) is 0 Å². The van der Waals surface area contributed by atoms with E-state index in [1.54, 1.807) is 6.92 Å². The molecule has 3 aliphatic heterocycles. The molecular weight excluding hydrogens is 752 g/mol. The summed E-state index contributed by atoms with van der Waals surface area (Å²) in [6.07, 6.45) is -3.53. The fourth-order valence-corrected chi connectivity index (χ4v) is 14.6. The third-order valence-corrected chi connectivity index (χ3v) is 18.2. The summed E-state index contributed by atoms with van der Waals surface area (Å²) in [5, 5.41) is 77.9. The number of allylic oxidation sites excluding steroid dienone is 1. The van der Waals surface area contributed by atoms with Gasteiger partial charge in [-0.2, -0.15) is 0 Å². The minimum absolute atomic E-state index is 0.0245. The number of aliphatic hydroxyl groups is 7. The first-order valence-corrected chi connectivity index (χ1v) is 21.8. The summed E-state index contributed by atoms with van der Waals surface area (Å²) in [7, 11) is 0. The van der Waals surface area contributed by atoms with Crippen LogP contribution in [0.4, 0.5) is 0 Å². The van der Waals surface area contributed by atoms with Crippen molar-refractivity contribution in [1.82, 2.24) is 0 Å². The minimum atomic E-state index is -1.72. The van der Waals surface area contributed by atoms with Gasteiger partial charge >= 0.3 is 5.97 Å². The van der Waals surface area contributed by atoms with Gasteiger partial charge in [-0.3, -0.25) is 4.79 Å². The van der Waals surface area contributed by atoms with E-state index in [0.717, 1.165) is 45.4 Å². The van der Waals surface area contributed by atoms with Gasteiger partial charge in [-0.15, -0.1) is 0 Å². The Bertz CT molecular complexity index is 1610. The van der Waals surface area contributed by atoms with Crippen molar-refractivity contribution in [3.05, 3.63) is 12.2 Å². The second-order valence-corrected chi connectivity index (χ2v) is 21.5. The van der Waals surface area contributed by atoms with E-state index in [-0.39, 0.29) is 51.4 Å². The molecule has 0 amide bonds. The lowest BCUT2D eigenvalue weighted by Gasteiger charge is -2.73. The highest BCUT2D eigenvalue weighted by atomic mass is 16.7. The predicted octanol–water partition coefficient (Wildman–Crippen LogP) is 2.35. The number of hydrogen-bond donors (Lipinski definition) is 7. The number of esters is 1. The van der Waals surface area contributed by atoms with E-state index in [1.807, 2.05) is 0 Å². The number of hydrogen-bond acceptors (Lipinski definition) is 14. The lowest BCUT2D eigenvalue weighted by molar-refractivity contribution is -0.367. The van der Waals surface area contributed by atoms with Gasteiger partial charge in [-0.25, -0.2) is 0 Å². The van der Waals surface area contributed by atoms with Crippen LogP contribution >= 0.6 is 0 Å². The molecule has 1 spiro atoms. The van der Waals surface area contributed by atoms with Gasteiger partial charge in [0.1, 0.15) is 36.6 Å². The molecule has 21 atom stereocenters. The highest BCUT2D eigenvalue weighted by molar-refractivity contribution is 5.66. The average molecular weight is 823 g/mol. The molecular formula is C44H70O14. The highest BCUT2D eigenvalue weighted by Gasteiger charge is 2.79. The molecule has 0 radical (unpaired) electrons. The van der Waals surface area contributed by atoms with Crippen molar-refractivity contribution >= 4 is 5.97 Å². The molecule has 330 valence electrons. The van der Waals surface area contributed by atoms with Crippen LogP contribution in [-0.4, -0.2) is 141 Å². The normalized spacial score (nSPS) is 57.1. The lowest BCUT2D eigenvalue weighted by atomic mass is 9.32. The van der Waals surface area contributed by atoms with E-state index in [0.29, 0.717) is 19.4 Å². The molecule has 58 heavy (non-hydrogen) atoms. The third-order valence-electron chi connectivity index (χ3n) is 18.2. The Hall–Kier alpha value is -1.27. The van der Waals surface area contributed by atoms with Crippen LogP contribution in [0.25, 0.3) is 0 Å². The molecule has 2 bridgehead atoms. The van der Waals surface area contributed by atoms with E-state index in [4.69, 9.17) is 28.4 Å². The number of ether oxygens (including phenoxy) is 6. The van der Waals surface area contributed by atoms with Crippen LogP contribution in [0.15, 0.2) is 12.2 Å². The number of fused-ring (bicyclic) bond motifs is 4. The molecule has 4 saturated carbocycles. The topological polar surface area (TPSA) is 214 Å². The number of aliphatic hydroxyl groups excluding tert-OH is 7. The second-order valence-electron chi connectivity index (χ2n) is 21.5. The Labute approximate surface area is 342 Å². The molecule has 0 aromatic heterocycles. The van der Waals surface area contributed by atoms with Gasteiger partial charge in [0.15, 0.2) is 18.7 Å². The Balaban J connectivity index is 1.04. The zero-order valence-corrected chi connectivity index (χ0v) is 35.6. The molecule has 0 aromatic carbocycles. The van der Waals surface area contributed by atoms with Crippen molar-refractivity contribution in [3.63, 3.8) is 0 Å². The molecule has 8 aliphatic rings. The molecule has 7 fully saturated rings. The molecule has 14 heteroatoms. The zero-order chi connectivity index (χ0) is 42.2. The molecule has 5 aliphatic carbocycles. The predicted molar refractivity (Wildman–Crippen MR) is 206 cm³/mol. The maximum Gasteiger partial charge on any atom is 0.303 e. The summed E-state index contributed by atoms with van der Waals surface area (Å²) in [6, 6.07) is 0. The Morgan fingerprint density at radius 1 is 0.793 bits per heavy atom. The van der Waals surface area contributed by atoms with E-state index in [2.05, 4.69) is 53.7 Å². The van der Waals surface area contributed by atoms with Crippen molar-refractivity contribution < 1.29 is 69.0 Å². The van der Waals surface area contributed by atoms with Crippen LogP contribution in [-0.2, 0) is 33.2 Å². The van der Waals surface area contributed by atoms with Crippen molar-refractivity contribution in [2.24, 2.45) is 50.2 Å². The van der Waals surface area contributed by atoms with E-state index < -0.39 is 97.2 Å². The van der Waals surface area contributed by atoms with Gasteiger partial charge in [0.2, 0.25) is 0 Å². The van der Waals surface area contributed by atoms with Crippen molar-refractivity contribution in [2.45, 2.75) is 186 Å². The molecule has 8 rings (SSSR count). The number of carbonyl (C=O) groups is 1. The molecule has 14 nitrogen and oxygen atoms in total. The average Bonchev–Trinajstić information content (AvgIpc) is 3.44. The molecule has 3 saturated heterocycles. The monoisotopic (exact) mass is 822 g/mol. The van der Waals surface area contributed by atoms with Gasteiger partial charge in [-0.05, 0) is 86.4 Å². The Morgan fingerprint density at radius 2 is 1.48 bits per heavy atom. The van der Waals surface area contributed by atoms with Gasteiger partial charge in [-0.1, -0.05) is 53.7 Å². The largest absolute Gasteiger partial charge is 0.457 e. The first-order valence-electron chi connectivity index (χ1n) is 21.8. The Morgan fingerprint density at radius 3 is 2.16 bits per heavy atom. The second kappa shape index (κ2) is 14.4. The van der Waals surface area contributed by atoms with Crippen LogP contribution in [0.5, 0.6) is 0 Å². The molecule has 0 unspecified atom stereocenters. The van der Waals surface area contributed by atoms with Crippen molar-refractivity contribution in [1.29, 1.82) is 0 Å². The summed E-state index contributed by atoms with van der Waals surface area (Å²) in [6.45, 7) is 16.4. The van der Waals surface area contributed by atoms with Crippen LogP contribution in [0, 0.1) is 50.2 Å². The maximum absolute atomic E-state index is 12.2. The lowest BCUT2D eigenvalue weighted by Crippen LogP contribution is -2.72. The number of carbonyl (C=O) groups excluding carboxylic acids is 1. The fourth-order valence-electron chi connectivity index (χ4n) is 14.6. The third kappa shape index (κ3) is 5.89. The van der Waals surface area contributed by atoms with Crippen molar-refractivity contribution in [2.75, 3.05) is 19.8 Å². The molecule has 7 N–H and O–H groups in total. The summed E-state index contributed by atoms with van der Waals surface area (Å²) < 4.78 is 36.6. The van der Waals surface area contributed by atoms with Gasteiger partial charge in [0.25, 0.3) is 0 Å². The van der Waals surface area contributed by atoms with Gasteiger partial charge in [0.05, 0.1) is 43.7 Å². The van der Waals surface area contributed by atoms with E-state index >= 15 is 0 Å². The Kier molecular flexibility index (Phi) is 10.8. The quantitative estimate of drug-likeness (QED) is 0.112. The minimum Gasteiger partial charge on any atom is -0.457 e. The van der Waals surface area contributed by atoms with Crippen LogP contribution in [0.1, 0.15) is 107 Å². The van der Waals surface area contributed by atoms with Crippen LogP contribution < -0.4 is 0 Å². The summed E-state index contributed by atoms with van der Waals surface area (Å²) in [4.78, 5) is 11.8. The van der Waals surface area contributed by atoms with Crippen LogP contribution in [0.2, 0.25) is 0 Å². The van der Waals surface area contributed by atoms with E-state index in [1.165, 1.54) is 0 Å². The summed E-state index contributed by atoms with van der Waals surface area (Å²) >= 11 is 0. The van der Waals surface area contributed by atoms with E-state index in [9.17, 15) is 40.5 Å². The first kappa shape index (κ1) is 43.4. The molecule has 0 aromatic rings. The standard InChI is InChI=1S/C44H70O14/c1-22-30(49)34(58-37-33(52)35(55-23(2)47)31(50)24(19-45)56-37)32(51)36(54-22)57-29-11-12-39(5)25(40(29,6)20-46)9-13-41(7)26(39)10-14-44-27-17-38(3,4)15-16-43(27,21-53-44)28(48)18-42(41,44)8/h10,14,22,24-37,45-46,48-52H,9,11-13,15-21H2,1-8H3/t22-,24-,25-,26-,27+,28-,29+,30+,31-,32-,33-,34+,35+,36+,37+,39+,40+,41-,42+,43-,44+/m1/s1. The zero-order valence-electron chi connectivity index (χ0n) is 35.6. The molecule has 3 heterocycles. The van der Waals surface area contributed by atoms with Crippen molar-refractivity contribution in [3.8, 4) is 0 Å². The maximum atomic E-state index is 12.2. The first-order chi connectivity index (χ1) is 27.1. The van der Waals surface area contributed by atoms with Gasteiger partial charge in [0, 0.05) is 29.1 Å². The fraction of sp³-hybridized carbons (Fsp3) is 0.932. The smallest absolute Gasteiger partial charge is 0.303 e. The highest BCUT2D eigenvalue weighted by Crippen LogP contribution is 2.79. The summed E-state index contributed by atoms with van der Waals surface area (Å²) in [5.41, 5.74) is -1.99. The summed E-state index contributed by atoms with van der Waals surface area (Å²) in [5.74, 6) is -0.369. The SMILES string of the molecule is CC(=O)O[C@@H]1[C@@H](O)[C@H](O[C@H]2[C@@H](O)[C@@H](C)O[C@@H](O[C@H]3CC[C@@]4(C)[C@@H](CC[C@]5(C)[C@@H]4C=C[C@]46OC[C@@]7(CCC(C)(C)C[C@@H]74)[C@H](O)C[C@]65C)[C@]3(C)CO)[C@@H]2O)O[C@H](CO)[C@H]1O. The van der Waals surface area contributed by atoms with Gasteiger partial charge < -0.3 is 64.2 Å². The number of rotatable bonds is 7.